The van der Waals surface area contributed by atoms with Gasteiger partial charge >= 0.3 is 0 Å². The lowest BCUT2D eigenvalue weighted by Gasteiger charge is -2.55. The monoisotopic (exact) mass is 355 g/mol. The molecule has 3 fully saturated rings. The van der Waals surface area contributed by atoms with Crippen molar-refractivity contribution in [1.82, 2.24) is 15.5 Å². The van der Waals surface area contributed by atoms with Gasteiger partial charge in [-0.25, -0.2) is 0 Å². The van der Waals surface area contributed by atoms with Gasteiger partial charge in [-0.15, -0.1) is 0 Å². The van der Waals surface area contributed by atoms with Crippen molar-refractivity contribution in [2.45, 2.75) is 51.0 Å². The molecule has 1 aromatic rings. The molecule has 5 nitrogen and oxygen atoms in total. The third kappa shape index (κ3) is 2.86. The second-order valence-electron chi connectivity index (χ2n) is 8.43. The summed E-state index contributed by atoms with van der Waals surface area (Å²) in [5.41, 5.74) is 3.03. The van der Waals surface area contributed by atoms with E-state index in [1.807, 2.05) is 12.1 Å². The van der Waals surface area contributed by atoms with Gasteiger partial charge in [0.1, 0.15) is 0 Å². The largest absolute Gasteiger partial charge is 0.372 e. The van der Waals surface area contributed by atoms with Gasteiger partial charge in [-0.2, -0.15) is 0 Å². The Bertz CT molecular complexity index is 692. The summed E-state index contributed by atoms with van der Waals surface area (Å²) in [6, 6.07) is 7.16. The summed E-state index contributed by atoms with van der Waals surface area (Å²) in [6.45, 7) is 5.42. The van der Waals surface area contributed by atoms with Crippen LogP contribution in [0.25, 0.3) is 0 Å². The van der Waals surface area contributed by atoms with Gasteiger partial charge in [-0.3, -0.25) is 9.69 Å². The summed E-state index contributed by atoms with van der Waals surface area (Å²) < 4.78 is 5.53. The van der Waals surface area contributed by atoms with Crippen LogP contribution in [0.1, 0.15) is 47.2 Å². The van der Waals surface area contributed by atoms with E-state index in [4.69, 9.17) is 4.74 Å². The summed E-state index contributed by atoms with van der Waals surface area (Å²) in [5, 5.41) is 6.92. The van der Waals surface area contributed by atoms with Crippen molar-refractivity contribution < 1.29 is 9.53 Å². The highest BCUT2D eigenvalue weighted by atomic mass is 16.5. The highest BCUT2D eigenvalue weighted by Gasteiger charge is 2.45. The van der Waals surface area contributed by atoms with E-state index < -0.39 is 0 Å². The molecule has 0 saturated carbocycles. The number of fused-ring (bicyclic) bond motifs is 5. The van der Waals surface area contributed by atoms with Crippen molar-refractivity contribution in [2.24, 2.45) is 11.8 Å². The second kappa shape index (κ2) is 6.95. The second-order valence-corrected chi connectivity index (χ2v) is 8.43. The first-order chi connectivity index (χ1) is 12.8. The fraction of sp³-hybridized carbons (Fsp3) is 0.667. The molecule has 26 heavy (non-hydrogen) atoms. The average Bonchev–Trinajstić information content (AvgIpc) is 3.17. The minimum atomic E-state index is 0.0619. The smallest absolute Gasteiger partial charge is 0.251 e. The number of carbonyl (C=O) groups excluding carboxylic acids is 1. The molecular weight excluding hydrogens is 326 g/mol. The van der Waals surface area contributed by atoms with Gasteiger partial charge in [0, 0.05) is 24.2 Å². The standard InChI is InChI=1S/C21H29N3O2/c25-21(17-5-3-4-14-12-26-13-18(14)17)23-11-20-16-8-15(9-22-10-16)19-6-1-2-7-24(19)20/h3-5,15-16,19-20,22H,1-2,6-13H2,(H,23,25)/t15-,16+,19+,20+/m1/s1. The minimum absolute atomic E-state index is 0.0619. The molecule has 3 saturated heterocycles. The Hall–Kier alpha value is -1.43. The molecule has 0 aromatic heterocycles. The molecule has 5 rings (SSSR count). The van der Waals surface area contributed by atoms with Gasteiger partial charge in [0.2, 0.25) is 0 Å². The Morgan fingerprint density at radius 2 is 2.15 bits per heavy atom. The topological polar surface area (TPSA) is 53.6 Å². The lowest BCUT2D eigenvalue weighted by Crippen LogP contribution is -2.65. The number of benzene rings is 1. The van der Waals surface area contributed by atoms with E-state index in [1.54, 1.807) is 0 Å². The average molecular weight is 355 g/mol. The van der Waals surface area contributed by atoms with Crippen LogP contribution in [0, 0.1) is 11.8 Å². The number of hydrogen-bond acceptors (Lipinski definition) is 4. The Balaban J connectivity index is 1.31. The minimum Gasteiger partial charge on any atom is -0.372 e. The Labute approximate surface area is 155 Å². The molecule has 4 aliphatic rings. The summed E-state index contributed by atoms with van der Waals surface area (Å²) in [6.07, 6.45) is 5.31. The zero-order chi connectivity index (χ0) is 17.5. The van der Waals surface area contributed by atoms with Crippen molar-refractivity contribution in [3.63, 3.8) is 0 Å². The predicted octanol–water partition coefficient (Wildman–Crippen LogP) is 1.91. The van der Waals surface area contributed by atoms with E-state index in [2.05, 4.69) is 21.6 Å². The highest BCUT2D eigenvalue weighted by molar-refractivity contribution is 5.96. The Morgan fingerprint density at radius 1 is 1.23 bits per heavy atom. The first-order valence-corrected chi connectivity index (χ1v) is 10.2. The normalized spacial score (nSPS) is 33.4. The van der Waals surface area contributed by atoms with Gasteiger partial charge in [0.05, 0.1) is 13.2 Å². The molecule has 2 bridgehead atoms. The van der Waals surface area contributed by atoms with Crippen molar-refractivity contribution in [3.05, 3.63) is 34.9 Å². The molecule has 1 aromatic carbocycles. The van der Waals surface area contributed by atoms with E-state index in [0.717, 1.165) is 35.7 Å². The molecule has 140 valence electrons. The number of rotatable bonds is 3. The lowest BCUT2D eigenvalue weighted by atomic mass is 9.73. The SMILES string of the molecule is O=C(NC[C@H]1[C@@H]2CNC[C@@H](C2)[C@@H]2CCCCN21)c1cccc2c1COC2. The number of piperidine rings is 3. The highest BCUT2D eigenvalue weighted by Crippen LogP contribution is 2.38. The van der Waals surface area contributed by atoms with Crippen LogP contribution in [-0.2, 0) is 18.0 Å². The Morgan fingerprint density at radius 3 is 3.12 bits per heavy atom. The van der Waals surface area contributed by atoms with Crippen LogP contribution in [0.5, 0.6) is 0 Å². The molecular formula is C21H29N3O2. The van der Waals surface area contributed by atoms with Crippen molar-refractivity contribution >= 4 is 5.91 Å². The van der Waals surface area contributed by atoms with Gasteiger partial charge in [-0.05, 0) is 67.9 Å². The first kappa shape index (κ1) is 16.7. The molecule has 4 atom stereocenters. The van der Waals surface area contributed by atoms with Gasteiger partial charge in [0.25, 0.3) is 5.91 Å². The maximum Gasteiger partial charge on any atom is 0.251 e. The van der Waals surface area contributed by atoms with E-state index in [9.17, 15) is 4.79 Å². The molecule has 0 radical (unpaired) electrons. The van der Waals surface area contributed by atoms with Crippen molar-refractivity contribution in [3.8, 4) is 0 Å². The van der Waals surface area contributed by atoms with Crippen LogP contribution in [0.15, 0.2) is 18.2 Å². The molecule has 4 aliphatic heterocycles. The molecule has 1 amide bonds. The van der Waals surface area contributed by atoms with Crippen LogP contribution in [0.3, 0.4) is 0 Å². The van der Waals surface area contributed by atoms with Crippen LogP contribution in [0.4, 0.5) is 0 Å². The van der Waals surface area contributed by atoms with Crippen LogP contribution < -0.4 is 10.6 Å². The molecule has 4 heterocycles. The fourth-order valence-electron chi connectivity index (χ4n) is 5.76. The molecule has 5 heteroatoms. The molecule has 0 spiro atoms. The third-order valence-corrected chi connectivity index (χ3v) is 7.02. The number of carbonyl (C=O) groups is 1. The van der Waals surface area contributed by atoms with E-state index in [-0.39, 0.29) is 5.91 Å². The quantitative estimate of drug-likeness (QED) is 0.870. The zero-order valence-electron chi connectivity index (χ0n) is 15.4. The predicted molar refractivity (Wildman–Crippen MR) is 99.9 cm³/mol. The van der Waals surface area contributed by atoms with E-state index >= 15 is 0 Å². The number of hydrogen-bond donors (Lipinski definition) is 2. The summed E-state index contributed by atoms with van der Waals surface area (Å²) >= 11 is 0. The van der Waals surface area contributed by atoms with E-state index in [1.165, 1.54) is 38.8 Å². The summed E-state index contributed by atoms with van der Waals surface area (Å²) in [7, 11) is 0. The molecule has 2 N–H and O–H groups in total. The number of nitrogens with one attached hydrogen (secondary N) is 2. The van der Waals surface area contributed by atoms with Gasteiger partial charge in [0.15, 0.2) is 0 Å². The number of nitrogens with zero attached hydrogens (tertiary/aromatic N) is 1. The van der Waals surface area contributed by atoms with Crippen molar-refractivity contribution in [2.75, 3.05) is 26.2 Å². The summed E-state index contributed by atoms with van der Waals surface area (Å²) in [4.78, 5) is 15.6. The number of amides is 1. The Kier molecular flexibility index (Phi) is 4.47. The van der Waals surface area contributed by atoms with E-state index in [0.29, 0.717) is 31.2 Å². The zero-order valence-corrected chi connectivity index (χ0v) is 15.4. The van der Waals surface area contributed by atoms with Crippen LogP contribution in [-0.4, -0.2) is 49.1 Å². The molecule has 0 aliphatic carbocycles. The molecule has 0 unspecified atom stereocenters. The third-order valence-electron chi connectivity index (χ3n) is 7.02. The maximum atomic E-state index is 12.9. The number of ether oxygens (including phenoxy) is 1. The van der Waals surface area contributed by atoms with Crippen molar-refractivity contribution in [1.29, 1.82) is 0 Å². The first-order valence-electron chi connectivity index (χ1n) is 10.2. The lowest BCUT2D eigenvalue weighted by molar-refractivity contribution is -0.0371. The summed E-state index contributed by atoms with van der Waals surface area (Å²) in [5.74, 6) is 1.52. The fourth-order valence-corrected chi connectivity index (χ4v) is 5.76. The van der Waals surface area contributed by atoms with Gasteiger partial charge < -0.3 is 15.4 Å². The van der Waals surface area contributed by atoms with Gasteiger partial charge in [-0.1, -0.05) is 18.6 Å². The maximum absolute atomic E-state index is 12.9. The van der Waals surface area contributed by atoms with Crippen LogP contribution in [0.2, 0.25) is 0 Å². The van der Waals surface area contributed by atoms with Crippen LogP contribution >= 0.6 is 0 Å².